The fourth-order valence-electron chi connectivity index (χ4n) is 4.01. The molecule has 2 aromatic rings. The second-order valence-corrected chi connectivity index (χ2v) is 12.5. The van der Waals surface area contributed by atoms with Gasteiger partial charge in [0, 0.05) is 6.42 Å². The molecule has 2 aromatic carbocycles. The maximum Gasteiger partial charge on any atom is 0.856 e. The van der Waals surface area contributed by atoms with Gasteiger partial charge in [0.05, 0.1) is 11.5 Å². The SMILES string of the molecule is C[CH2][Al]1[O]c2c(cc(C)cc2C(C)(C)C)Cc2cc(C)cc(C(C)(C)C)c2[O]1. The minimum atomic E-state index is -1.88. The minimum absolute atomic E-state index is 0.0357. The lowest BCUT2D eigenvalue weighted by atomic mass is 9.81. The van der Waals surface area contributed by atoms with Crippen LogP contribution in [0.4, 0.5) is 0 Å². The molecule has 0 N–H and O–H groups in total. The van der Waals surface area contributed by atoms with Crippen LogP contribution in [0.25, 0.3) is 0 Å². The Morgan fingerprint density at radius 1 is 0.750 bits per heavy atom. The average Bonchev–Trinajstić information content (AvgIpc) is 2.53. The highest BCUT2D eigenvalue weighted by molar-refractivity contribution is 6.46. The summed E-state index contributed by atoms with van der Waals surface area (Å²) in [6, 6.07) is 9.19. The predicted octanol–water partition coefficient (Wildman–Crippen LogP) is 6.77. The molecule has 0 bridgehead atoms. The Labute approximate surface area is 176 Å². The summed E-state index contributed by atoms with van der Waals surface area (Å²) in [5, 5.41) is 0.938. The molecule has 0 radical (unpaired) electrons. The predicted molar refractivity (Wildman–Crippen MR) is 120 cm³/mol. The van der Waals surface area contributed by atoms with Gasteiger partial charge in [0.1, 0.15) is 0 Å². The van der Waals surface area contributed by atoms with Gasteiger partial charge in [0.25, 0.3) is 0 Å². The number of hydrogen-bond acceptors (Lipinski definition) is 2. The van der Waals surface area contributed by atoms with Gasteiger partial charge in [0.15, 0.2) is 0 Å². The molecule has 0 fully saturated rings. The van der Waals surface area contributed by atoms with Gasteiger partial charge in [-0.15, -0.1) is 0 Å². The first-order valence-corrected chi connectivity index (χ1v) is 12.3. The zero-order chi connectivity index (χ0) is 20.9. The van der Waals surface area contributed by atoms with Gasteiger partial charge in [-0.1, -0.05) is 83.9 Å². The molecule has 3 rings (SSSR count). The van der Waals surface area contributed by atoms with Gasteiger partial charge in [-0.2, -0.15) is 0 Å². The second-order valence-electron chi connectivity index (χ2n) is 10.4. The zero-order valence-corrected chi connectivity index (χ0v) is 20.3. The van der Waals surface area contributed by atoms with E-state index in [1.807, 2.05) is 0 Å². The van der Waals surface area contributed by atoms with Crippen LogP contribution >= 0.6 is 0 Å². The van der Waals surface area contributed by atoms with Gasteiger partial charge >= 0.3 is 14.8 Å². The Morgan fingerprint density at radius 3 is 1.46 bits per heavy atom. The summed E-state index contributed by atoms with van der Waals surface area (Å²) >= 11 is -1.88. The molecule has 150 valence electrons. The molecule has 2 nitrogen and oxygen atoms in total. The van der Waals surface area contributed by atoms with E-state index in [2.05, 4.69) is 86.6 Å². The van der Waals surface area contributed by atoms with Crippen LogP contribution in [0.5, 0.6) is 11.5 Å². The van der Waals surface area contributed by atoms with E-state index < -0.39 is 14.8 Å². The molecular weight excluding hydrogens is 359 g/mol. The standard InChI is InChI=1S/C23H32O2.C2H5.Al/c1-14-9-16(20(24)18(11-14)22(3,4)5)13-17-10-15(2)12-19(21(17)25)23(6,7)8;1-2;/h9-12,24-25H,13H2,1-8H3;1H2,2H3;/q;;+2/p-2. The lowest BCUT2D eigenvalue weighted by Crippen LogP contribution is -2.33. The van der Waals surface area contributed by atoms with Gasteiger partial charge in [-0.05, 0) is 52.2 Å². The smallest absolute Gasteiger partial charge is 0.611 e. The van der Waals surface area contributed by atoms with Gasteiger partial charge in [0.2, 0.25) is 0 Å². The number of fused-ring (bicyclic) bond motifs is 2. The molecule has 0 saturated heterocycles. The van der Waals surface area contributed by atoms with Crippen molar-refractivity contribution < 1.29 is 7.58 Å². The highest BCUT2D eigenvalue weighted by Gasteiger charge is 2.37. The van der Waals surface area contributed by atoms with Crippen molar-refractivity contribution in [2.45, 2.75) is 84.8 Å². The third-order valence-electron chi connectivity index (χ3n) is 5.45. The van der Waals surface area contributed by atoms with Crippen LogP contribution in [-0.2, 0) is 17.3 Å². The number of aryl methyl sites for hydroxylation is 2. The summed E-state index contributed by atoms with van der Waals surface area (Å²) in [6.07, 6.45) is 0.852. The zero-order valence-electron chi connectivity index (χ0n) is 19.1. The van der Waals surface area contributed by atoms with Crippen LogP contribution in [0.2, 0.25) is 5.28 Å². The van der Waals surface area contributed by atoms with Crippen molar-refractivity contribution in [3.05, 3.63) is 57.6 Å². The van der Waals surface area contributed by atoms with E-state index in [1.165, 1.54) is 33.4 Å². The highest BCUT2D eigenvalue weighted by atomic mass is 27.2. The fraction of sp³-hybridized carbons (Fsp3) is 0.520. The molecule has 28 heavy (non-hydrogen) atoms. The molecule has 1 aliphatic rings. The van der Waals surface area contributed by atoms with E-state index in [4.69, 9.17) is 7.58 Å². The van der Waals surface area contributed by atoms with Crippen molar-refractivity contribution in [2.75, 3.05) is 0 Å². The van der Waals surface area contributed by atoms with Crippen molar-refractivity contribution >= 4 is 14.8 Å². The van der Waals surface area contributed by atoms with Crippen LogP contribution in [0.15, 0.2) is 24.3 Å². The van der Waals surface area contributed by atoms with Gasteiger partial charge in [-0.3, -0.25) is 0 Å². The maximum absolute atomic E-state index is 6.67. The molecule has 0 atom stereocenters. The van der Waals surface area contributed by atoms with Crippen molar-refractivity contribution in [1.29, 1.82) is 0 Å². The molecule has 0 unspecified atom stereocenters. The van der Waals surface area contributed by atoms with Crippen molar-refractivity contribution in [3.63, 3.8) is 0 Å². The Morgan fingerprint density at radius 2 is 1.14 bits per heavy atom. The van der Waals surface area contributed by atoms with Crippen LogP contribution in [0.1, 0.15) is 81.8 Å². The van der Waals surface area contributed by atoms with Crippen LogP contribution < -0.4 is 7.58 Å². The van der Waals surface area contributed by atoms with Crippen LogP contribution in [0, 0.1) is 13.8 Å². The normalized spacial score (nSPS) is 14.4. The minimum Gasteiger partial charge on any atom is -0.611 e. The van der Waals surface area contributed by atoms with E-state index >= 15 is 0 Å². The quantitative estimate of drug-likeness (QED) is 0.497. The molecular formula is C25H35AlO2. The Kier molecular flexibility index (Phi) is 5.65. The summed E-state index contributed by atoms with van der Waals surface area (Å²) in [7, 11) is 0. The van der Waals surface area contributed by atoms with E-state index in [1.54, 1.807) is 0 Å². The number of hydrogen-bond donors (Lipinski definition) is 0. The molecule has 0 aliphatic carbocycles. The third-order valence-corrected chi connectivity index (χ3v) is 7.11. The lowest BCUT2D eigenvalue weighted by Gasteiger charge is -2.33. The van der Waals surface area contributed by atoms with Crippen molar-refractivity contribution in [3.8, 4) is 11.5 Å². The summed E-state index contributed by atoms with van der Waals surface area (Å²) < 4.78 is 13.3. The molecule has 0 amide bonds. The summed E-state index contributed by atoms with van der Waals surface area (Å²) in [5.74, 6) is 2.14. The van der Waals surface area contributed by atoms with Crippen molar-refractivity contribution in [2.24, 2.45) is 0 Å². The van der Waals surface area contributed by atoms with Gasteiger partial charge < -0.3 is 7.58 Å². The number of rotatable bonds is 1. The largest absolute Gasteiger partial charge is 0.856 e. The Balaban J connectivity index is 2.28. The highest BCUT2D eigenvalue weighted by Crippen LogP contribution is 2.42. The summed E-state index contributed by atoms with van der Waals surface area (Å²) in [5.41, 5.74) is 7.86. The van der Waals surface area contributed by atoms with E-state index in [9.17, 15) is 0 Å². The first-order valence-electron chi connectivity index (χ1n) is 10.5. The number of benzene rings is 2. The first-order chi connectivity index (χ1) is 12.9. The average molecular weight is 395 g/mol. The Hall–Kier alpha value is -1.43. The maximum atomic E-state index is 6.67. The summed E-state index contributed by atoms with van der Waals surface area (Å²) in [4.78, 5) is 0. The molecule has 0 spiro atoms. The van der Waals surface area contributed by atoms with E-state index in [-0.39, 0.29) is 10.8 Å². The second kappa shape index (κ2) is 7.43. The monoisotopic (exact) mass is 394 g/mol. The third kappa shape index (κ3) is 4.27. The first kappa shape index (κ1) is 21.3. The lowest BCUT2D eigenvalue weighted by molar-refractivity contribution is 0.394. The topological polar surface area (TPSA) is 18.5 Å². The molecule has 0 saturated carbocycles. The molecule has 0 aromatic heterocycles. The molecule has 1 heterocycles. The fourth-order valence-corrected chi connectivity index (χ4v) is 5.47. The van der Waals surface area contributed by atoms with E-state index in [0.29, 0.717) is 0 Å². The summed E-state index contributed by atoms with van der Waals surface area (Å²) in [6.45, 7) is 20.2. The van der Waals surface area contributed by atoms with Crippen LogP contribution in [0.3, 0.4) is 0 Å². The van der Waals surface area contributed by atoms with E-state index in [0.717, 1.165) is 23.2 Å². The molecule has 3 heteroatoms. The Bertz CT molecular complexity index is 813. The van der Waals surface area contributed by atoms with Gasteiger partial charge in [-0.25, -0.2) is 0 Å². The molecule has 1 aliphatic heterocycles. The van der Waals surface area contributed by atoms with Crippen molar-refractivity contribution in [1.82, 2.24) is 0 Å². The van der Waals surface area contributed by atoms with Crippen LogP contribution in [-0.4, -0.2) is 14.8 Å².